The van der Waals surface area contributed by atoms with Crippen LogP contribution in [0, 0.1) is 0 Å². The number of benzene rings is 2. The average Bonchev–Trinajstić information content (AvgIpc) is 2.49. The van der Waals surface area contributed by atoms with Crippen LogP contribution in [0.2, 0.25) is 5.02 Å². The number of para-hydroxylation sites is 2. The first-order valence-corrected chi connectivity index (χ1v) is 8.00. The van der Waals surface area contributed by atoms with Gasteiger partial charge in [-0.3, -0.25) is 4.90 Å². The van der Waals surface area contributed by atoms with Crippen LogP contribution in [0.25, 0.3) is 0 Å². The lowest BCUT2D eigenvalue weighted by Gasteiger charge is -2.52. The molecule has 0 amide bonds. The topological polar surface area (TPSA) is 24.5 Å². The Kier molecular flexibility index (Phi) is 3.06. The number of fused-ring (bicyclic) bond motifs is 4. The zero-order valence-electron chi connectivity index (χ0n) is 12.0. The minimum Gasteiger partial charge on any atom is -0.466 e. The summed E-state index contributed by atoms with van der Waals surface area (Å²) in [4.78, 5) is 2.03. The second-order valence-corrected chi connectivity index (χ2v) is 6.61. The maximum absolute atomic E-state index is 6.34. The Labute approximate surface area is 139 Å². The lowest BCUT2D eigenvalue weighted by atomic mass is 9.90. The number of anilines is 1. The van der Waals surface area contributed by atoms with Gasteiger partial charge in [0.05, 0.1) is 11.1 Å². The minimum absolute atomic E-state index is 0.125. The van der Waals surface area contributed by atoms with Crippen molar-refractivity contribution in [1.29, 1.82) is 0 Å². The van der Waals surface area contributed by atoms with Crippen molar-refractivity contribution in [2.24, 2.45) is 0 Å². The summed E-state index contributed by atoms with van der Waals surface area (Å²) in [5, 5.41) is 4.74. The normalized spacial score (nSPS) is 26.0. The van der Waals surface area contributed by atoms with Crippen molar-refractivity contribution in [3.05, 3.63) is 59.1 Å². The third kappa shape index (κ3) is 1.98. The van der Waals surface area contributed by atoms with Crippen molar-refractivity contribution in [1.82, 2.24) is 5.32 Å². The van der Waals surface area contributed by atoms with Crippen LogP contribution in [-0.2, 0) is 0 Å². The third-order valence-corrected chi connectivity index (χ3v) is 4.86. The van der Waals surface area contributed by atoms with E-state index < -0.39 is 5.72 Å². The molecular formula is C17H15ClN2OS. The number of nitrogens with zero attached hydrogens (tertiary/aromatic N) is 1. The highest BCUT2D eigenvalue weighted by molar-refractivity contribution is 7.80. The molecule has 0 aliphatic carbocycles. The summed E-state index contributed by atoms with van der Waals surface area (Å²) in [5.41, 5.74) is 1.53. The molecule has 0 saturated carbocycles. The fourth-order valence-electron chi connectivity index (χ4n) is 3.32. The molecule has 0 spiro atoms. The lowest BCUT2D eigenvalue weighted by Crippen LogP contribution is -2.65. The van der Waals surface area contributed by atoms with Gasteiger partial charge in [-0.15, -0.1) is 0 Å². The molecule has 1 saturated heterocycles. The van der Waals surface area contributed by atoms with E-state index in [2.05, 4.69) is 12.2 Å². The van der Waals surface area contributed by atoms with Gasteiger partial charge >= 0.3 is 0 Å². The summed E-state index contributed by atoms with van der Waals surface area (Å²) in [7, 11) is 0. The van der Waals surface area contributed by atoms with Gasteiger partial charge in [-0.05, 0) is 37.3 Å². The van der Waals surface area contributed by atoms with Gasteiger partial charge in [-0.2, -0.15) is 0 Å². The molecule has 1 N–H and O–H groups in total. The Hall–Kier alpha value is -1.78. The molecule has 1 fully saturated rings. The minimum atomic E-state index is -0.549. The average molecular weight is 331 g/mol. The van der Waals surface area contributed by atoms with Crippen LogP contribution < -0.4 is 15.0 Å². The number of ether oxygens (including phenoxy) is 1. The summed E-state index contributed by atoms with van der Waals surface area (Å²) >= 11 is 11.9. The molecule has 0 unspecified atom stereocenters. The predicted molar refractivity (Wildman–Crippen MR) is 92.5 cm³/mol. The highest BCUT2D eigenvalue weighted by Gasteiger charge is 2.48. The van der Waals surface area contributed by atoms with E-state index in [0.29, 0.717) is 10.1 Å². The summed E-state index contributed by atoms with van der Waals surface area (Å²) < 4.78 is 6.32. The number of hydrogen-bond donors (Lipinski definition) is 1. The van der Waals surface area contributed by atoms with Gasteiger partial charge in [-0.25, -0.2) is 0 Å². The van der Waals surface area contributed by atoms with Crippen molar-refractivity contribution in [2.45, 2.75) is 25.1 Å². The summed E-state index contributed by atoms with van der Waals surface area (Å²) in [5.74, 6) is 0.749. The molecule has 2 aromatic carbocycles. The number of nitrogens with one attached hydrogen (secondary N) is 1. The van der Waals surface area contributed by atoms with E-state index >= 15 is 0 Å². The van der Waals surface area contributed by atoms with E-state index in [4.69, 9.17) is 28.6 Å². The molecule has 5 heteroatoms. The Morgan fingerprint density at radius 1 is 1.23 bits per heavy atom. The summed E-state index contributed by atoms with van der Waals surface area (Å²) in [6, 6.07) is 16.0. The van der Waals surface area contributed by atoms with E-state index in [-0.39, 0.29) is 6.04 Å². The monoisotopic (exact) mass is 330 g/mol. The van der Waals surface area contributed by atoms with Crippen LogP contribution in [0.1, 0.15) is 24.9 Å². The summed E-state index contributed by atoms with van der Waals surface area (Å²) in [6.45, 7) is 2.06. The zero-order chi connectivity index (χ0) is 15.3. The van der Waals surface area contributed by atoms with Crippen molar-refractivity contribution in [3.8, 4) is 5.75 Å². The second-order valence-electron chi connectivity index (χ2n) is 5.81. The van der Waals surface area contributed by atoms with Crippen molar-refractivity contribution in [3.63, 3.8) is 0 Å². The van der Waals surface area contributed by atoms with Crippen molar-refractivity contribution < 1.29 is 4.74 Å². The van der Waals surface area contributed by atoms with Gasteiger partial charge in [0.25, 0.3) is 0 Å². The number of rotatable bonds is 1. The van der Waals surface area contributed by atoms with Crippen LogP contribution in [0.4, 0.5) is 5.69 Å². The van der Waals surface area contributed by atoms with Gasteiger partial charge in [0.2, 0.25) is 0 Å². The molecular weight excluding hydrogens is 316 g/mol. The molecule has 2 bridgehead atoms. The number of halogens is 1. The molecule has 2 atom stereocenters. The quantitative estimate of drug-likeness (QED) is 0.789. The van der Waals surface area contributed by atoms with Gasteiger partial charge in [0.15, 0.2) is 10.8 Å². The van der Waals surface area contributed by atoms with Gasteiger partial charge in [0.1, 0.15) is 5.75 Å². The van der Waals surface area contributed by atoms with Crippen LogP contribution in [0.15, 0.2) is 48.5 Å². The van der Waals surface area contributed by atoms with Crippen LogP contribution >= 0.6 is 23.8 Å². The second kappa shape index (κ2) is 4.86. The maximum Gasteiger partial charge on any atom is 0.188 e. The fraction of sp³-hybridized carbons (Fsp3) is 0.235. The molecule has 3 nitrogen and oxygen atoms in total. The molecule has 2 aliphatic rings. The molecule has 2 heterocycles. The molecule has 22 heavy (non-hydrogen) atoms. The third-order valence-electron chi connectivity index (χ3n) is 4.27. The fourth-order valence-corrected chi connectivity index (χ4v) is 3.98. The van der Waals surface area contributed by atoms with Gasteiger partial charge in [-0.1, -0.05) is 41.9 Å². The Morgan fingerprint density at radius 3 is 2.77 bits per heavy atom. The molecule has 112 valence electrons. The van der Waals surface area contributed by atoms with Crippen LogP contribution in [0.3, 0.4) is 0 Å². The van der Waals surface area contributed by atoms with E-state index in [1.165, 1.54) is 0 Å². The van der Waals surface area contributed by atoms with Gasteiger partial charge in [0, 0.05) is 17.7 Å². The maximum atomic E-state index is 6.34. The first-order valence-electron chi connectivity index (χ1n) is 7.22. The Morgan fingerprint density at radius 2 is 2.00 bits per heavy atom. The standard InChI is InChI=1S/C17H15ClN2OS/c1-17-10-14(12-8-5-9-13(18)15(12)21-17)19-16(22)20(17)11-6-3-2-4-7-11/h2-9,14H,10H2,1H3,(H,19,22)/t14-,17+/m0/s1. The summed E-state index contributed by atoms with van der Waals surface area (Å²) in [6.07, 6.45) is 0.801. The zero-order valence-corrected chi connectivity index (χ0v) is 13.6. The predicted octanol–water partition coefficient (Wildman–Crippen LogP) is 4.27. The van der Waals surface area contributed by atoms with E-state index in [9.17, 15) is 0 Å². The largest absolute Gasteiger partial charge is 0.466 e. The smallest absolute Gasteiger partial charge is 0.188 e. The number of hydrogen-bond acceptors (Lipinski definition) is 2. The molecule has 0 aromatic heterocycles. The number of thiocarbonyl (C=S) groups is 1. The Bertz CT molecular complexity index is 752. The van der Waals surface area contributed by atoms with Crippen LogP contribution in [0.5, 0.6) is 5.75 Å². The van der Waals surface area contributed by atoms with Crippen molar-refractivity contribution in [2.75, 3.05) is 4.90 Å². The molecule has 2 aromatic rings. The SMILES string of the molecule is C[C@@]12C[C@H](NC(=S)N1c1ccccc1)c1cccc(Cl)c1O2. The molecule has 0 radical (unpaired) electrons. The van der Waals surface area contributed by atoms with Gasteiger partial charge < -0.3 is 10.1 Å². The highest BCUT2D eigenvalue weighted by atomic mass is 35.5. The first kappa shape index (κ1) is 13.9. The van der Waals surface area contributed by atoms with E-state index in [0.717, 1.165) is 23.4 Å². The molecule has 2 aliphatic heterocycles. The first-order chi connectivity index (χ1) is 10.6. The van der Waals surface area contributed by atoms with E-state index in [1.54, 1.807) is 0 Å². The lowest BCUT2D eigenvalue weighted by molar-refractivity contribution is 0.0499. The molecule has 4 rings (SSSR count). The van der Waals surface area contributed by atoms with E-state index in [1.807, 2.05) is 53.4 Å². The highest BCUT2D eigenvalue weighted by Crippen LogP contribution is 2.47. The Balaban J connectivity index is 1.84. The van der Waals surface area contributed by atoms with Crippen LogP contribution in [-0.4, -0.2) is 10.8 Å². The van der Waals surface area contributed by atoms with Crippen molar-refractivity contribution >= 4 is 34.6 Å².